The highest BCUT2D eigenvalue weighted by molar-refractivity contribution is 7.98. The molecule has 0 spiro atoms. The first-order chi connectivity index (χ1) is 10.7. The predicted octanol–water partition coefficient (Wildman–Crippen LogP) is 2.68. The molecule has 2 N–H and O–H groups in total. The number of thioether (sulfide) groups is 1. The van der Waals surface area contributed by atoms with E-state index in [1.165, 1.54) is 0 Å². The van der Waals surface area contributed by atoms with Gasteiger partial charge in [0.2, 0.25) is 0 Å². The number of pyridine rings is 1. The van der Waals surface area contributed by atoms with Crippen molar-refractivity contribution in [3.05, 3.63) is 45.2 Å². The third kappa shape index (κ3) is 3.01. The number of hydrogen-bond donors (Lipinski definition) is 2. The summed E-state index contributed by atoms with van der Waals surface area (Å²) in [5.74, 6) is 2.19. The van der Waals surface area contributed by atoms with Gasteiger partial charge < -0.3 is 10.3 Å². The minimum Gasteiger partial charge on any atom is -0.352 e. The van der Waals surface area contributed by atoms with Crippen molar-refractivity contribution in [1.82, 2.24) is 10.3 Å². The summed E-state index contributed by atoms with van der Waals surface area (Å²) in [4.78, 5) is 27.2. The van der Waals surface area contributed by atoms with Crippen LogP contribution in [0, 0.1) is 0 Å². The van der Waals surface area contributed by atoms with Crippen LogP contribution in [0.2, 0.25) is 0 Å². The number of rotatable bonds is 4. The van der Waals surface area contributed by atoms with Crippen molar-refractivity contribution in [3.63, 3.8) is 0 Å². The summed E-state index contributed by atoms with van der Waals surface area (Å²) in [5.41, 5.74) is 3.35. The normalized spacial score (nSPS) is 13.9. The summed E-state index contributed by atoms with van der Waals surface area (Å²) in [7, 11) is 0. The van der Waals surface area contributed by atoms with Gasteiger partial charge in [0.1, 0.15) is 0 Å². The molecule has 0 saturated carbocycles. The molecule has 1 aromatic heterocycles. The highest BCUT2D eigenvalue weighted by Crippen LogP contribution is 2.28. The molecule has 6 heteroatoms. The molecule has 0 fully saturated rings. The van der Waals surface area contributed by atoms with Crippen LogP contribution in [-0.4, -0.2) is 29.1 Å². The Labute approximate surface area is 137 Å². The van der Waals surface area contributed by atoms with Gasteiger partial charge in [-0.15, -0.1) is 11.6 Å². The van der Waals surface area contributed by atoms with E-state index in [9.17, 15) is 9.59 Å². The summed E-state index contributed by atoms with van der Waals surface area (Å²) >= 11 is 7.39. The van der Waals surface area contributed by atoms with Gasteiger partial charge >= 0.3 is 0 Å². The number of alkyl halides is 1. The Morgan fingerprint density at radius 3 is 3.05 bits per heavy atom. The largest absolute Gasteiger partial charge is 0.352 e. The second-order valence-corrected chi connectivity index (χ2v) is 6.76. The molecule has 22 heavy (non-hydrogen) atoms. The van der Waals surface area contributed by atoms with Gasteiger partial charge in [0.25, 0.3) is 11.5 Å². The third-order valence-electron chi connectivity index (χ3n) is 3.83. The van der Waals surface area contributed by atoms with Gasteiger partial charge in [-0.25, -0.2) is 0 Å². The maximum Gasteiger partial charge on any atom is 0.252 e. The van der Waals surface area contributed by atoms with Crippen molar-refractivity contribution >= 4 is 40.2 Å². The van der Waals surface area contributed by atoms with E-state index in [0.717, 1.165) is 46.4 Å². The minimum atomic E-state index is -0.0999. The molecule has 2 aromatic rings. The average Bonchev–Trinajstić information content (AvgIpc) is 2.55. The van der Waals surface area contributed by atoms with Crippen LogP contribution >= 0.6 is 23.4 Å². The van der Waals surface area contributed by atoms with Crippen LogP contribution < -0.4 is 10.9 Å². The first-order valence-corrected chi connectivity index (χ1v) is 8.99. The van der Waals surface area contributed by atoms with Crippen LogP contribution in [-0.2, 0) is 12.2 Å². The number of aryl methyl sites for hydroxylation is 1. The van der Waals surface area contributed by atoms with Gasteiger partial charge in [-0.05, 0) is 42.4 Å². The number of carbonyl (C=O) groups excluding carboxylic acids is 1. The van der Waals surface area contributed by atoms with Gasteiger partial charge in [-0.1, -0.05) is 0 Å². The predicted molar refractivity (Wildman–Crippen MR) is 92.1 cm³/mol. The van der Waals surface area contributed by atoms with Crippen LogP contribution in [0.4, 0.5) is 0 Å². The number of halogens is 1. The molecule has 0 aliphatic carbocycles. The standard InChI is InChI=1S/C16H17ClN2O2S/c17-5-1-6-18-15(20)10-2-3-14-12(8-10)11-4-7-22-9-13(11)16(21)19-14/h2-3,8H,1,4-7,9H2,(H,18,20)(H,19,21). The summed E-state index contributed by atoms with van der Waals surface area (Å²) in [6, 6.07) is 5.45. The first-order valence-electron chi connectivity index (χ1n) is 7.30. The summed E-state index contributed by atoms with van der Waals surface area (Å²) in [6.45, 7) is 0.570. The lowest BCUT2D eigenvalue weighted by Crippen LogP contribution is -2.25. The fourth-order valence-electron chi connectivity index (χ4n) is 2.70. The van der Waals surface area contributed by atoms with E-state index < -0.39 is 0 Å². The Kier molecular flexibility index (Phi) is 4.74. The molecular weight excluding hydrogens is 320 g/mol. The Morgan fingerprint density at radius 1 is 1.36 bits per heavy atom. The number of fused-ring (bicyclic) bond motifs is 3. The van der Waals surface area contributed by atoms with Crippen LogP contribution in [0.15, 0.2) is 23.0 Å². The molecule has 0 atom stereocenters. The Balaban J connectivity index is 2.00. The zero-order chi connectivity index (χ0) is 15.5. The SMILES string of the molecule is O=C(NCCCCl)c1ccc2[nH]c(=O)c3c(c2c1)CCSC3. The number of amides is 1. The lowest BCUT2D eigenvalue weighted by Gasteiger charge is -2.17. The zero-order valence-corrected chi connectivity index (χ0v) is 13.6. The molecule has 0 bridgehead atoms. The molecule has 0 radical (unpaired) electrons. The van der Waals surface area contributed by atoms with Crippen molar-refractivity contribution in [2.24, 2.45) is 0 Å². The lowest BCUT2D eigenvalue weighted by molar-refractivity contribution is 0.0954. The van der Waals surface area contributed by atoms with Crippen LogP contribution in [0.1, 0.15) is 27.9 Å². The monoisotopic (exact) mass is 336 g/mol. The van der Waals surface area contributed by atoms with E-state index in [4.69, 9.17) is 11.6 Å². The Hall–Kier alpha value is -1.46. The van der Waals surface area contributed by atoms with Crippen molar-refractivity contribution in [2.75, 3.05) is 18.2 Å². The van der Waals surface area contributed by atoms with Gasteiger partial charge in [0.15, 0.2) is 0 Å². The van der Waals surface area contributed by atoms with Gasteiger partial charge in [-0.3, -0.25) is 9.59 Å². The number of hydrogen-bond acceptors (Lipinski definition) is 3. The van der Waals surface area contributed by atoms with Crippen molar-refractivity contribution < 1.29 is 4.79 Å². The lowest BCUT2D eigenvalue weighted by atomic mass is 9.99. The van der Waals surface area contributed by atoms with E-state index in [2.05, 4.69) is 10.3 Å². The van der Waals surface area contributed by atoms with Gasteiger partial charge in [-0.2, -0.15) is 11.8 Å². The first kappa shape index (κ1) is 15.4. The molecular formula is C16H17ClN2O2S. The molecule has 4 nitrogen and oxygen atoms in total. The van der Waals surface area contributed by atoms with Crippen molar-refractivity contribution in [1.29, 1.82) is 0 Å². The van der Waals surface area contributed by atoms with Crippen LogP contribution in [0.3, 0.4) is 0 Å². The quantitative estimate of drug-likeness (QED) is 0.666. The second-order valence-electron chi connectivity index (χ2n) is 5.27. The maximum absolute atomic E-state index is 12.2. The smallest absolute Gasteiger partial charge is 0.252 e. The number of H-pyrrole nitrogens is 1. The third-order valence-corrected chi connectivity index (χ3v) is 5.09. The molecule has 1 amide bonds. The fraction of sp³-hybridized carbons (Fsp3) is 0.375. The van der Waals surface area contributed by atoms with Gasteiger partial charge in [0, 0.05) is 40.2 Å². The highest BCUT2D eigenvalue weighted by Gasteiger charge is 2.17. The van der Waals surface area contributed by atoms with E-state index in [-0.39, 0.29) is 11.5 Å². The summed E-state index contributed by atoms with van der Waals surface area (Å²) in [6.07, 6.45) is 1.62. The average molecular weight is 337 g/mol. The summed E-state index contributed by atoms with van der Waals surface area (Å²) < 4.78 is 0. The summed E-state index contributed by atoms with van der Waals surface area (Å²) in [5, 5.41) is 3.84. The number of benzene rings is 1. The van der Waals surface area contributed by atoms with Crippen LogP contribution in [0.5, 0.6) is 0 Å². The van der Waals surface area contributed by atoms with E-state index in [1.807, 2.05) is 12.1 Å². The molecule has 3 rings (SSSR count). The van der Waals surface area contributed by atoms with Crippen molar-refractivity contribution in [3.8, 4) is 0 Å². The Morgan fingerprint density at radius 2 is 2.23 bits per heavy atom. The topological polar surface area (TPSA) is 62.0 Å². The molecule has 0 unspecified atom stereocenters. The number of aromatic nitrogens is 1. The van der Waals surface area contributed by atoms with Gasteiger partial charge in [0.05, 0.1) is 0 Å². The zero-order valence-electron chi connectivity index (χ0n) is 12.1. The fourth-order valence-corrected chi connectivity index (χ4v) is 3.83. The van der Waals surface area contributed by atoms with E-state index >= 15 is 0 Å². The molecule has 2 heterocycles. The molecule has 1 aliphatic heterocycles. The van der Waals surface area contributed by atoms with Crippen molar-refractivity contribution in [2.45, 2.75) is 18.6 Å². The second kappa shape index (κ2) is 6.75. The highest BCUT2D eigenvalue weighted by atomic mass is 35.5. The maximum atomic E-state index is 12.2. The minimum absolute atomic E-state index is 0.00554. The molecule has 0 saturated heterocycles. The molecule has 1 aromatic carbocycles. The molecule has 116 valence electrons. The number of carbonyl (C=O) groups is 1. The van der Waals surface area contributed by atoms with E-state index in [1.54, 1.807) is 17.8 Å². The Bertz CT molecular complexity index is 773. The number of aromatic amines is 1. The van der Waals surface area contributed by atoms with E-state index in [0.29, 0.717) is 18.0 Å². The van der Waals surface area contributed by atoms with Crippen LogP contribution in [0.25, 0.3) is 10.9 Å². The number of nitrogens with one attached hydrogen (secondary N) is 2. The molecule has 1 aliphatic rings.